The van der Waals surface area contributed by atoms with Crippen LogP contribution in [-0.2, 0) is 4.79 Å². The first-order chi connectivity index (χ1) is 11.4. The van der Waals surface area contributed by atoms with Gasteiger partial charge in [-0.15, -0.1) is 0 Å². The van der Waals surface area contributed by atoms with Crippen LogP contribution in [0.3, 0.4) is 0 Å². The van der Waals surface area contributed by atoms with E-state index in [2.05, 4.69) is 34.1 Å². The third-order valence-electron chi connectivity index (χ3n) is 4.70. The quantitative estimate of drug-likeness (QED) is 0.815. The number of anilines is 1. The highest BCUT2D eigenvalue weighted by atomic mass is 16.5. The molecule has 2 heterocycles. The van der Waals surface area contributed by atoms with Gasteiger partial charge in [-0.2, -0.15) is 0 Å². The first-order valence-electron chi connectivity index (χ1n) is 8.15. The summed E-state index contributed by atoms with van der Waals surface area (Å²) in [5.41, 5.74) is 2.38. The number of aldehydes is 1. The van der Waals surface area contributed by atoms with E-state index in [1.165, 1.54) is 5.56 Å². The Bertz CT molecular complexity index is 716. The number of fused-ring (bicyclic) bond motifs is 5. The van der Waals surface area contributed by atoms with Crippen LogP contribution in [0.5, 0.6) is 11.5 Å². The van der Waals surface area contributed by atoms with Crippen LogP contribution in [0.15, 0.2) is 48.5 Å². The molecule has 1 saturated heterocycles. The van der Waals surface area contributed by atoms with Crippen LogP contribution in [-0.4, -0.2) is 37.4 Å². The van der Waals surface area contributed by atoms with Gasteiger partial charge in [0.2, 0.25) is 0 Å². The van der Waals surface area contributed by atoms with Crippen molar-refractivity contribution in [2.24, 2.45) is 0 Å². The van der Waals surface area contributed by atoms with Gasteiger partial charge < -0.3 is 14.4 Å². The molecule has 0 amide bonds. The third kappa shape index (κ3) is 2.59. The van der Waals surface area contributed by atoms with Crippen molar-refractivity contribution in [2.75, 3.05) is 31.1 Å². The second-order valence-corrected chi connectivity index (χ2v) is 6.07. The maximum atomic E-state index is 10.7. The van der Waals surface area contributed by atoms with Crippen LogP contribution in [0.25, 0.3) is 0 Å². The number of piperazine rings is 1. The Hall–Kier alpha value is -2.33. The summed E-state index contributed by atoms with van der Waals surface area (Å²) < 4.78 is 6.19. The first kappa shape index (κ1) is 14.3. The number of hydrogen-bond acceptors (Lipinski definition) is 4. The summed E-state index contributed by atoms with van der Waals surface area (Å²) in [7, 11) is 0. The van der Waals surface area contributed by atoms with Crippen molar-refractivity contribution in [3.63, 3.8) is 0 Å². The van der Waals surface area contributed by atoms with Crippen LogP contribution in [0, 0.1) is 0 Å². The molecule has 2 aromatic carbocycles. The van der Waals surface area contributed by atoms with Gasteiger partial charge in [-0.25, -0.2) is 0 Å². The maximum Gasteiger partial charge on any atom is 0.150 e. The molecule has 1 unspecified atom stereocenters. The zero-order chi connectivity index (χ0) is 15.6. The highest BCUT2D eigenvalue weighted by Gasteiger charge is 2.33. The van der Waals surface area contributed by atoms with Crippen molar-refractivity contribution >= 4 is 12.0 Å². The molecule has 0 aromatic heterocycles. The van der Waals surface area contributed by atoms with E-state index in [0.29, 0.717) is 6.42 Å². The Kier molecular flexibility index (Phi) is 3.75. The lowest BCUT2D eigenvalue weighted by molar-refractivity contribution is -0.108. The largest absolute Gasteiger partial charge is 0.455 e. The van der Waals surface area contributed by atoms with Crippen molar-refractivity contribution in [2.45, 2.75) is 12.5 Å². The average Bonchev–Trinajstić information content (AvgIpc) is 2.74. The van der Waals surface area contributed by atoms with E-state index < -0.39 is 0 Å². The predicted molar refractivity (Wildman–Crippen MR) is 90.2 cm³/mol. The molecule has 118 valence electrons. The number of carbonyl (C=O) groups excluding carboxylic acids is 1. The minimum absolute atomic E-state index is 0.259. The predicted octanol–water partition coefficient (Wildman–Crippen LogP) is 3.24. The lowest BCUT2D eigenvalue weighted by Crippen LogP contribution is -2.48. The summed E-state index contributed by atoms with van der Waals surface area (Å²) in [6.07, 6.45) is 1.60. The smallest absolute Gasteiger partial charge is 0.150 e. The normalized spacial score (nSPS) is 19.8. The van der Waals surface area contributed by atoms with Gasteiger partial charge in [0.1, 0.15) is 12.0 Å². The Morgan fingerprint density at radius 3 is 2.70 bits per heavy atom. The average molecular weight is 308 g/mol. The summed E-state index contributed by atoms with van der Waals surface area (Å²) in [6, 6.07) is 16.8. The number of para-hydroxylation sites is 3. The minimum atomic E-state index is 0.259. The van der Waals surface area contributed by atoms with Crippen molar-refractivity contribution in [3.05, 3.63) is 54.1 Å². The molecule has 0 saturated carbocycles. The highest BCUT2D eigenvalue weighted by molar-refractivity contribution is 5.64. The molecule has 4 nitrogen and oxygen atoms in total. The number of rotatable bonds is 3. The molecule has 2 aliphatic heterocycles. The number of nitrogens with zero attached hydrogens (tertiary/aromatic N) is 2. The number of hydrogen-bond donors (Lipinski definition) is 0. The fourth-order valence-corrected chi connectivity index (χ4v) is 3.58. The minimum Gasteiger partial charge on any atom is -0.455 e. The number of benzene rings is 2. The van der Waals surface area contributed by atoms with Gasteiger partial charge in [-0.1, -0.05) is 30.3 Å². The molecular weight excluding hydrogens is 288 g/mol. The maximum absolute atomic E-state index is 10.7. The van der Waals surface area contributed by atoms with Gasteiger partial charge in [0.15, 0.2) is 5.75 Å². The molecule has 2 aliphatic rings. The molecule has 0 aliphatic carbocycles. The Morgan fingerprint density at radius 1 is 1.04 bits per heavy atom. The zero-order valence-corrected chi connectivity index (χ0v) is 13.0. The van der Waals surface area contributed by atoms with Crippen molar-refractivity contribution in [3.8, 4) is 11.5 Å². The SMILES string of the molecule is O=CCCN1CCN2c3ccccc3Oc3ccccc3C2C1. The molecule has 0 bridgehead atoms. The number of carbonyl (C=O) groups is 1. The molecule has 0 spiro atoms. The lowest BCUT2D eigenvalue weighted by Gasteiger charge is -2.42. The van der Waals surface area contributed by atoms with Gasteiger partial charge >= 0.3 is 0 Å². The summed E-state index contributed by atoms with van der Waals surface area (Å²) >= 11 is 0. The highest BCUT2D eigenvalue weighted by Crippen LogP contribution is 2.44. The first-order valence-corrected chi connectivity index (χ1v) is 8.15. The van der Waals surface area contributed by atoms with Crippen LogP contribution in [0.4, 0.5) is 5.69 Å². The van der Waals surface area contributed by atoms with E-state index in [9.17, 15) is 4.79 Å². The molecule has 2 aromatic rings. The summed E-state index contributed by atoms with van der Waals surface area (Å²) in [5, 5.41) is 0. The molecule has 4 rings (SSSR count). The molecular formula is C19H20N2O2. The van der Waals surface area contributed by atoms with Crippen LogP contribution >= 0.6 is 0 Å². The van der Waals surface area contributed by atoms with Gasteiger partial charge in [0.25, 0.3) is 0 Å². The van der Waals surface area contributed by atoms with E-state index in [0.717, 1.165) is 49.7 Å². The van der Waals surface area contributed by atoms with E-state index in [4.69, 9.17) is 4.74 Å². The van der Waals surface area contributed by atoms with E-state index in [1.807, 2.05) is 24.3 Å². The van der Waals surface area contributed by atoms with E-state index in [-0.39, 0.29) is 6.04 Å². The Labute approximate surface area is 136 Å². The molecule has 4 heteroatoms. The standard InChI is InChI=1S/C19H20N2O2/c22-13-5-10-20-11-12-21-16-7-2-4-9-19(16)23-18-8-3-1-6-15(18)17(21)14-20/h1-4,6-9,13,17H,5,10-12,14H2. The molecule has 0 N–H and O–H groups in total. The molecule has 0 radical (unpaired) electrons. The topological polar surface area (TPSA) is 32.8 Å². The lowest BCUT2D eigenvalue weighted by atomic mass is 10.0. The zero-order valence-electron chi connectivity index (χ0n) is 13.0. The van der Waals surface area contributed by atoms with Crippen LogP contribution in [0.1, 0.15) is 18.0 Å². The van der Waals surface area contributed by atoms with Crippen molar-refractivity contribution < 1.29 is 9.53 Å². The Balaban J connectivity index is 1.74. The second-order valence-electron chi connectivity index (χ2n) is 6.07. The van der Waals surface area contributed by atoms with E-state index in [1.54, 1.807) is 0 Å². The number of ether oxygens (including phenoxy) is 1. The summed E-state index contributed by atoms with van der Waals surface area (Å²) in [4.78, 5) is 15.5. The molecule has 1 fully saturated rings. The monoisotopic (exact) mass is 308 g/mol. The summed E-state index contributed by atoms with van der Waals surface area (Å²) in [5.74, 6) is 1.86. The third-order valence-corrected chi connectivity index (χ3v) is 4.70. The Morgan fingerprint density at radius 2 is 1.83 bits per heavy atom. The molecule has 23 heavy (non-hydrogen) atoms. The van der Waals surface area contributed by atoms with Crippen molar-refractivity contribution in [1.29, 1.82) is 0 Å². The second kappa shape index (κ2) is 6.05. The van der Waals surface area contributed by atoms with Gasteiger partial charge in [0.05, 0.1) is 11.7 Å². The van der Waals surface area contributed by atoms with Crippen molar-refractivity contribution in [1.82, 2.24) is 4.90 Å². The van der Waals surface area contributed by atoms with Gasteiger partial charge in [-0.3, -0.25) is 4.90 Å². The fourth-order valence-electron chi connectivity index (χ4n) is 3.58. The summed E-state index contributed by atoms with van der Waals surface area (Å²) in [6.45, 7) is 3.67. The van der Waals surface area contributed by atoms with E-state index >= 15 is 0 Å². The fraction of sp³-hybridized carbons (Fsp3) is 0.316. The van der Waals surface area contributed by atoms with Crippen LogP contribution < -0.4 is 9.64 Å². The van der Waals surface area contributed by atoms with Crippen LogP contribution in [0.2, 0.25) is 0 Å². The van der Waals surface area contributed by atoms with Gasteiger partial charge in [-0.05, 0) is 18.2 Å². The molecule has 1 atom stereocenters. The van der Waals surface area contributed by atoms with Gasteiger partial charge in [0, 0.05) is 38.2 Å².